The highest BCUT2D eigenvalue weighted by Crippen LogP contribution is 2.30. The van der Waals surface area contributed by atoms with Gasteiger partial charge in [0.2, 0.25) is 0 Å². The van der Waals surface area contributed by atoms with E-state index < -0.39 is 8.07 Å². The first kappa shape index (κ1) is 22.7. The average molecular weight is 515 g/mol. The van der Waals surface area contributed by atoms with Gasteiger partial charge in [-0.05, 0) is 58.4 Å². The molecule has 32 heavy (non-hydrogen) atoms. The van der Waals surface area contributed by atoms with Gasteiger partial charge in [0, 0.05) is 27.1 Å². The quantitative estimate of drug-likeness (QED) is 0.142. The fraction of sp³-hybridized carbons (Fsp3) is 0.348. The van der Waals surface area contributed by atoms with Gasteiger partial charge in [0.1, 0.15) is 17.0 Å². The van der Waals surface area contributed by atoms with Crippen molar-refractivity contribution in [1.29, 1.82) is 0 Å². The SMILES string of the molecule is COC(=O)c1ccc2c(c1)nc(-c1cc3ccc(Br)nc3n1COCC[Si](C)(C)C)n2C. The number of benzene rings is 1. The van der Waals surface area contributed by atoms with Crippen LogP contribution in [0.3, 0.4) is 0 Å². The predicted octanol–water partition coefficient (Wildman–Crippen LogP) is 5.45. The molecule has 168 valence electrons. The molecule has 0 atom stereocenters. The molecule has 7 nitrogen and oxygen atoms in total. The van der Waals surface area contributed by atoms with Crippen molar-refractivity contribution < 1.29 is 14.3 Å². The number of carbonyl (C=O) groups is 1. The number of hydrogen-bond donors (Lipinski definition) is 0. The van der Waals surface area contributed by atoms with Gasteiger partial charge in [-0.2, -0.15) is 0 Å². The van der Waals surface area contributed by atoms with E-state index in [0.29, 0.717) is 18.9 Å². The molecule has 0 aliphatic carbocycles. The topological polar surface area (TPSA) is 71.2 Å². The van der Waals surface area contributed by atoms with E-state index in [1.807, 2.05) is 29.8 Å². The van der Waals surface area contributed by atoms with Crippen molar-refractivity contribution >= 4 is 52.0 Å². The van der Waals surface area contributed by atoms with Crippen molar-refractivity contribution in [3.8, 4) is 11.5 Å². The Morgan fingerprint density at radius 1 is 1.12 bits per heavy atom. The third kappa shape index (κ3) is 4.50. The highest BCUT2D eigenvalue weighted by molar-refractivity contribution is 9.10. The van der Waals surface area contributed by atoms with Crippen molar-refractivity contribution in [3.05, 3.63) is 46.6 Å². The Labute approximate surface area is 196 Å². The molecular weight excluding hydrogens is 488 g/mol. The van der Waals surface area contributed by atoms with Gasteiger partial charge < -0.3 is 14.0 Å². The van der Waals surface area contributed by atoms with Gasteiger partial charge in [-0.3, -0.25) is 4.57 Å². The highest BCUT2D eigenvalue weighted by Gasteiger charge is 2.19. The van der Waals surface area contributed by atoms with Crippen LogP contribution >= 0.6 is 15.9 Å². The van der Waals surface area contributed by atoms with Crippen LogP contribution in [0.5, 0.6) is 0 Å². The number of nitrogens with zero attached hydrogens (tertiary/aromatic N) is 4. The number of ether oxygens (including phenoxy) is 2. The standard InChI is InChI=1S/C23H27BrN4O3Si/c1-27-18-8-6-16(23(29)30-2)12-17(18)25-22(27)19-13-15-7-9-20(24)26-21(15)28(19)14-31-10-11-32(3,4)5/h6-9,12-13H,10-11,14H2,1-5H3. The maximum absolute atomic E-state index is 12.0. The molecule has 0 N–H and O–H groups in total. The van der Waals surface area contributed by atoms with Crippen LogP contribution in [0, 0.1) is 0 Å². The van der Waals surface area contributed by atoms with E-state index in [-0.39, 0.29) is 5.97 Å². The highest BCUT2D eigenvalue weighted by atomic mass is 79.9. The molecule has 4 aromatic rings. The molecule has 1 aromatic carbocycles. The lowest BCUT2D eigenvalue weighted by molar-refractivity contribution is 0.0601. The third-order valence-electron chi connectivity index (χ3n) is 5.46. The van der Waals surface area contributed by atoms with Gasteiger partial charge in [-0.25, -0.2) is 14.8 Å². The number of methoxy groups -OCH3 is 1. The number of esters is 1. The van der Waals surface area contributed by atoms with Crippen LogP contribution in [-0.2, 0) is 23.3 Å². The van der Waals surface area contributed by atoms with E-state index in [9.17, 15) is 4.79 Å². The zero-order chi connectivity index (χ0) is 23.0. The van der Waals surface area contributed by atoms with E-state index >= 15 is 0 Å². The Morgan fingerprint density at radius 2 is 1.91 bits per heavy atom. The summed E-state index contributed by atoms with van der Waals surface area (Å²) in [7, 11) is 2.17. The number of fused-ring (bicyclic) bond motifs is 2. The third-order valence-corrected chi connectivity index (χ3v) is 7.60. The van der Waals surface area contributed by atoms with Crippen LogP contribution in [-0.4, -0.2) is 46.9 Å². The van der Waals surface area contributed by atoms with E-state index in [0.717, 1.165) is 44.2 Å². The zero-order valence-electron chi connectivity index (χ0n) is 19.0. The first-order valence-corrected chi connectivity index (χ1v) is 15.0. The summed E-state index contributed by atoms with van der Waals surface area (Å²) in [4.78, 5) is 21.5. The molecule has 0 fully saturated rings. The van der Waals surface area contributed by atoms with Gasteiger partial charge in [0.05, 0.1) is 29.4 Å². The number of aromatic nitrogens is 4. The summed E-state index contributed by atoms with van der Waals surface area (Å²) in [5.74, 6) is 0.406. The molecule has 0 aliphatic heterocycles. The summed E-state index contributed by atoms with van der Waals surface area (Å²) in [6, 6.07) is 12.6. The largest absolute Gasteiger partial charge is 0.465 e. The second kappa shape index (κ2) is 8.80. The number of pyridine rings is 1. The molecule has 3 heterocycles. The lowest BCUT2D eigenvalue weighted by Gasteiger charge is -2.16. The molecule has 0 saturated carbocycles. The van der Waals surface area contributed by atoms with Crippen molar-refractivity contribution in [3.63, 3.8) is 0 Å². The van der Waals surface area contributed by atoms with Gasteiger partial charge in [-0.15, -0.1) is 0 Å². The van der Waals surface area contributed by atoms with Crippen molar-refractivity contribution in [2.24, 2.45) is 7.05 Å². The fourth-order valence-electron chi connectivity index (χ4n) is 3.63. The summed E-state index contributed by atoms with van der Waals surface area (Å²) in [5, 5.41) is 1.01. The van der Waals surface area contributed by atoms with Crippen LogP contribution in [0.15, 0.2) is 41.0 Å². The molecule has 0 radical (unpaired) electrons. The minimum absolute atomic E-state index is 0.377. The van der Waals surface area contributed by atoms with Crippen LogP contribution < -0.4 is 0 Å². The zero-order valence-corrected chi connectivity index (χ0v) is 21.6. The van der Waals surface area contributed by atoms with E-state index in [4.69, 9.17) is 19.4 Å². The van der Waals surface area contributed by atoms with E-state index in [1.165, 1.54) is 7.11 Å². The Morgan fingerprint density at radius 3 is 2.62 bits per heavy atom. The first-order chi connectivity index (χ1) is 15.2. The maximum atomic E-state index is 12.0. The summed E-state index contributed by atoms with van der Waals surface area (Å²) < 4.78 is 15.8. The Hall–Kier alpha value is -2.49. The van der Waals surface area contributed by atoms with Gasteiger partial charge in [-0.1, -0.05) is 19.6 Å². The summed E-state index contributed by atoms with van der Waals surface area (Å²) in [5.41, 5.74) is 3.89. The van der Waals surface area contributed by atoms with Crippen LogP contribution in [0.2, 0.25) is 25.7 Å². The molecule has 0 spiro atoms. The lowest BCUT2D eigenvalue weighted by atomic mass is 10.2. The second-order valence-electron chi connectivity index (χ2n) is 9.04. The molecule has 3 aromatic heterocycles. The number of aryl methyl sites for hydroxylation is 1. The molecule has 0 saturated heterocycles. The minimum atomic E-state index is -1.18. The van der Waals surface area contributed by atoms with Crippen molar-refractivity contribution in [2.45, 2.75) is 32.4 Å². The number of halogens is 1. The monoisotopic (exact) mass is 514 g/mol. The molecule has 0 bridgehead atoms. The van der Waals surface area contributed by atoms with E-state index in [1.54, 1.807) is 12.1 Å². The number of rotatable bonds is 7. The second-order valence-corrected chi connectivity index (χ2v) is 15.5. The smallest absolute Gasteiger partial charge is 0.337 e. The van der Waals surface area contributed by atoms with E-state index in [2.05, 4.69) is 46.2 Å². The normalized spacial score (nSPS) is 12.1. The van der Waals surface area contributed by atoms with Crippen molar-refractivity contribution in [2.75, 3.05) is 13.7 Å². The number of hydrogen-bond acceptors (Lipinski definition) is 5. The molecule has 0 unspecified atom stereocenters. The Balaban J connectivity index is 1.78. The van der Waals surface area contributed by atoms with Gasteiger partial charge in [0.25, 0.3) is 0 Å². The fourth-order valence-corrected chi connectivity index (χ4v) is 4.68. The summed E-state index contributed by atoms with van der Waals surface area (Å²) >= 11 is 3.49. The lowest BCUT2D eigenvalue weighted by Crippen LogP contribution is -2.22. The van der Waals surface area contributed by atoms with Gasteiger partial charge >= 0.3 is 5.97 Å². The number of carbonyl (C=O) groups excluding carboxylic acids is 1. The van der Waals surface area contributed by atoms with Crippen LogP contribution in [0.1, 0.15) is 10.4 Å². The molecule has 0 amide bonds. The minimum Gasteiger partial charge on any atom is -0.465 e. The summed E-state index contributed by atoms with van der Waals surface area (Å²) in [6.07, 6.45) is 0. The molecular formula is C23H27BrN4O3Si. The summed E-state index contributed by atoms with van der Waals surface area (Å²) in [6.45, 7) is 8.13. The maximum Gasteiger partial charge on any atom is 0.337 e. The van der Waals surface area contributed by atoms with Gasteiger partial charge in [0.15, 0.2) is 5.82 Å². The Bertz CT molecular complexity index is 1310. The van der Waals surface area contributed by atoms with Crippen LogP contribution in [0.4, 0.5) is 0 Å². The molecule has 0 aliphatic rings. The molecule has 4 rings (SSSR count). The average Bonchev–Trinajstić information content (AvgIpc) is 3.26. The molecule has 9 heteroatoms. The predicted molar refractivity (Wildman–Crippen MR) is 133 cm³/mol. The number of imidazole rings is 1. The van der Waals surface area contributed by atoms with Crippen molar-refractivity contribution in [1.82, 2.24) is 19.1 Å². The Kier molecular flexibility index (Phi) is 6.24. The first-order valence-electron chi connectivity index (χ1n) is 10.5. The van der Waals surface area contributed by atoms with Crippen LogP contribution in [0.25, 0.3) is 33.6 Å².